The molecular formula is C13H24N2S. The van der Waals surface area contributed by atoms with E-state index in [4.69, 9.17) is 5.26 Å². The van der Waals surface area contributed by atoms with Crippen LogP contribution in [0.2, 0.25) is 0 Å². The minimum atomic E-state index is 0.0380. The van der Waals surface area contributed by atoms with Crippen molar-refractivity contribution in [2.75, 3.05) is 11.5 Å². The van der Waals surface area contributed by atoms with Crippen molar-refractivity contribution in [1.29, 1.82) is 5.26 Å². The van der Waals surface area contributed by atoms with E-state index in [1.54, 1.807) is 0 Å². The number of hydrogen-bond donors (Lipinski definition) is 1. The maximum Gasteiger partial charge on any atom is 0.0962 e. The topological polar surface area (TPSA) is 35.8 Å². The number of thioether (sulfide) groups is 1. The van der Waals surface area contributed by atoms with Crippen LogP contribution in [0, 0.1) is 17.2 Å². The van der Waals surface area contributed by atoms with Gasteiger partial charge in [0.25, 0.3) is 0 Å². The van der Waals surface area contributed by atoms with Gasteiger partial charge in [-0.05, 0) is 50.5 Å². The van der Waals surface area contributed by atoms with E-state index in [2.05, 4.69) is 25.2 Å². The highest BCUT2D eigenvalue weighted by atomic mass is 32.2. The van der Waals surface area contributed by atoms with Gasteiger partial charge in [0.2, 0.25) is 0 Å². The summed E-state index contributed by atoms with van der Waals surface area (Å²) in [6.07, 6.45) is 6.70. The van der Waals surface area contributed by atoms with Gasteiger partial charge in [0.15, 0.2) is 0 Å². The molecule has 1 unspecified atom stereocenters. The molecule has 2 nitrogen and oxygen atoms in total. The summed E-state index contributed by atoms with van der Waals surface area (Å²) < 4.78 is 0. The summed E-state index contributed by atoms with van der Waals surface area (Å²) in [5.74, 6) is 3.39. The Morgan fingerprint density at radius 3 is 2.62 bits per heavy atom. The van der Waals surface area contributed by atoms with Gasteiger partial charge in [-0.3, -0.25) is 5.32 Å². The quantitative estimate of drug-likeness (QED) is 0.694. The van der Waals surface area contributed by atoms with Crippen molar-refractivity contribution in [1.82, 2.24) is 5.32 Å². The zero-order valence-electron chi connectivity index (χ0n) is 10.5. The summed E-state index contributed by atoms with van der Waals surface area (Å²) in [5.41, 5.74) is 0. The van der Waals surface area contributed by atoms with E-state index < -0.39 is 0 Å². The summed E-state index contributed by atoms with van der Waals surface area (Å²) in [5, 5.41) is 12.2. The van der Waals surface area contributed by atoms with E-state index in [0.29, 0.717) is 6.04 Å². The monoisotopic (exact) mass is 240 g/mol. The van der Waals surface area contributed by atoms with Crippen LogP contribution in [0.15, 0.2) is 0 Å². The number of hydrogen-bond acceptors (Lipinski definition) is 3. The molecule has 0 saturated heterocycles. The standard InChI is InChI=1S/C13H24N2S/c1-11(2)15-13(9-14)7-8-16-10-12-5-3-4-6-12/h11-13,15H,3-8,10H2,1-2H3. The highest BCUT2D eigenvalue weighted by molar-refractivity contribution is 7.99. The summed E-state index contributed by atoms with van der Waals surface area (Å²) in [7, 11) is 0. The molecule has 1 rings (SSSR count). The first kappa shape index (κ1) is 13.9. The molecule has 0 bridgehead atoms. The molecule has 0 heterocycles. The van der Waals surface area contributed by atoms with Gasteiger partial charge in [0, 0.05) is 6.04 Å². The lowest BCUT2D eigenvalue weighted by molar-refractivity contribution is 0.522. The Bertz CT molecular complexity index is 216. The summed E-state index contributed by atoms with van der Waals surface area (Å²) in [6, 6.07) is 2.78. The third-order valence-corrected chi connectivity index (χ3v) is 4.30. The molecular weight excluding hydrogens is 216 g/mol. The fourth-order valence-electron chi connectivity index (χ4n) is 2.22. The molecule has 0 aromatic rings. The zero-order chi connectivity index (χ0) is 11.8. The van der Waals surface area contributed by atoms with Crippen LogP contribution in [0.25, 0.3) is 0 Å². The first-order valence-corrected chi connectivity index (χ1v) is 7.61. The van der Waals surface area contributed by atoms with Gasteiger partial charge in [-0.15, -0.1) is 0 Å². The summed E-state index contributed by atoms with van der Waals surface area (Å²) in [4.78, 5) is 0. The predicted molar refractivity (Wildman–Crippen MR) is 71.6 cm³/mol. The van der Waals surface area contributed by atoms with Crippen LogP contribution in [0.3, 0.4) is 0 Å². The number of nitrogens with zero attached hydrogens (tertiary/aromatic N) is 1. The van der Waals surface area contributed by atoms with Crippen LogP contribution in [-0.4, -0.2) is 23.6 Å². The second-order valence-electron chi connectivity index (χ2n) is 5.02. The largest absolute Gasteiger partial charge is 0.300 e. The van der Waals surface area contributed by atoms with E-state index in [1.807, 2.05) is 11.8 Å². The molecule has 0 aromatic heterocycles. The SMILES string of the molecule is CC(C)NC(C#N)CCSCC1CCCC1. The lowest BCUT2D eigenvalue weighted by Gasteiger charge is -2.14. The first-order valence-electron chi connectivity index (χ1n) is 6.45. The van der Waals surface area contributed by atoms with Crippen LogP contribution in [0.5, 0.6) is 0 Å². The molecule has 0 aliphatic heterocycles. The normalized spacial score (nSPS) is 18.9. The number of nitriles is 1. The minimum absolute atomic E-state index is 0.0380. The second-order valence-corrected chi connectivity index (χ2v) is 6.17. The Morgan fingerprint density at radius 2 is 2.06 bits per heavy atom. The molecule has 1 atom stereocenters. The van der Waals surface area contributed by atoms with Gasteiger partial charge >= 0.3 is 0 Å². The van der Waals surface area contributed by atoms with Crippen LogP contribution in [0.4, 0.5) is 0 Å². The Kier molecular flexibility index (Phi) is 6.91. The Hall–Kier alpha value is -0.200. The second kappa shape index (κ2) is 7.97. The minimum Gasteiger partial charge on any atom is -0.300 e. The van der Waals surface area contributed by atoms with Crippen molar-refractivity contribution in [2.45, 2.75) is 58.0 Å². The van der Waals surface area contributed by atoms with Gasteiger partial charge in [-0.25, -0.2) is 0 Å². The molecule has 0 aromatic carbocycles. The lowest BCUT2D eigenvalue weighted by atomic mass is 10.1. The highest BCUT2D eigenvalue weighted by Gasteiger charge is 2.15. The maximum atomic E-state index is 8.96. The lowest BCUT2D eigenvalue weighted by Crippen LogP contribution is -2.34. The van der Waals surface area contributed by atoms with Gasteiger partial charge in [-0.2, -0.15) is 17.0 Å². The fourth-order valence-corrected chi connectivity index (χ4v) is 3.45. The third kappa shape index (κ3) is 5.77. The molecule has 0 spiro atoms. The molecule has 92 valence electrons. The molecule has 1 fully saturated rings. The molecule has 0 radical (unpaired) electrons. The summed E-state index contributed by atoms with van der Waals surface area (Å²) >= 11 is 2.03. The predicted octanol–water partition coefficient (Wildman–Crippen LogP) is 3.19. The third-order valence-electron chi connectivity index (χ3n) is 3.07. The van der Waals surface area contributed by atoms with Crippen molar-refractivity contribution in [3.05, 3.63) is 0 Å². The Labute approximate surface area is 104 Å². The first-order chi connectivity index (χ1) is 7.72. The molecule has 1 aliphatic carbocycles. The average molecular weight is 240 g/mol. The van der Waals surface area contributed by atoms with Gasteiger partial charge in [-0.1, -0.05) is 12.8 Å². The fraction of sp³-hybridized carbons (Fsp3) is 0.923. The molecule has 1 N–H and O–H groups in total. The van der Waals surface area contributed by atoms with E-state index in [-0.39, 0.29) is 6.04 Å². The van der Waals surface area contributed by atoms with Crippen LogP contribution >= 0.6 is 11.8 Å². The van der Waals surface area contributed by atoms with E-state index in [0.717, 1.165) is 18.1 Å². The van der Waals surface area contributed by atoms with Crippen LogP contribution < -0.4 is 5.32 Å². The smallest absolute Gasteiger partial charge is 0.0962 e. The van der Waals surface area contributed by atoms with Crippen molar-refractivity contribution >= 4 is 11.8 Å². The molecule has 3 heteroatoms. The van der Waals surface area contributed by atoms with Crippen molar-refractivity contribution in [3.8, 4) is 6.07 Å². The van der Waals surface area contributed by atoms with Crippen LogP contribution in [0.1, 0.15) is 46.0 Å². The van der Waals surface area contributed by atoms with E-state index in [9.17, 15) is 0 Å². The number of rotatable bonds is 7. The van der Waals surface area contributed by atoms with E-state index in [1.165, 1.54) is 31.4 Å². The summed E-state index contributed by atoms with van der Waals surface area (Å²) in [6.45, 7) is 4.19. The molecule has 16 heavy (non-hydrogen) atoms. The van der Waals surface area contributed by atoms with Gasteiger partial charge in [0.1, 0.15) is 0 Å². The van der Waals surface area contributed by atoms with Crippen LogP contribution in [-0.2, 0) is 0 Å². The zero-order valence-corrected chi connectivity index (χ0v) is 11.4. The van der Waals surface area contributed by atoms with Crippen molar-refractivity contribution in [2.24, 2.45) is 5.92 Å². The Balaban J connectivity index is 2.02. The van der Waals surface area contributed by atoms with Crippen molar-refractivity contribution in [3.63, 3.8) is 0 Å². The maximum absolute atomic E-state index is 8.96. The molecule has 0 amide bonds. The highest BCUT2D eigenvalue weighted by Crippen LogP contribution is 2.28. The van der Waals surface area contributed by atoms with Gasteiger partial charge in [0.05, 0.1) is 12.1 Å². The Morgan fingerprint density at radius 1 is 1.38 bits per heavy atom. The van der Waals surface area contributed by atoms with Crippen molar-refractivity contribution < 1.29 is 0 Å². The number of nitrogens with one attached hydrogen (secondary N) is 1. The van der Waals surface area contributed by atoms with E-state index >= 15 is 0 Å². The average Bonchev–Trinajstić information content (AvgIpc) is 2.74. The molecule has 1 aliphatic rings. The molecule has 1 saturated carbocycles. The van der Waals surface area contributed by atoms with Gasteiger partial charge < -0.3 is 0 Å².